The number of nitrogens with one attached hydrogen (secondary N) is 1. The van der Waals surface area contributed by atoms with Crippen LogP contribution >= 0.6 is 23.2 Å². The molecular formula is C21H18Cl2N2O5. The summed E-state index contributed by atoms with van der Waals surface area (Å²) in [5.41, 5.74) is 1.18. The highest BCUT2D eigenvalue weighted by atomic mass is 35.5. The Bertz CT molecular complexity index is 1180. The van der Waals surface area contributed by atoms with Gasteiger partial charge < -0.3 is 19.4 Å². The van der Waals surface area contributed by atoms with E-state index in [1.165, 1.54) is 24.1 Å². The maximum absolute atomic E-state index is 12.3. The Labute approximate surface area is 182 Å². The molecule has 1 aromatic heterocycles. The molecule has 3 rings (SSSR count). The highest BCUT2D eigenvalue weighted by molar-refractivity contribution is 6.42. The molecule has 0 atom stereocenters. The summed E-state index contributed by atoms with van der Waals surface area (Å²) >= 11 is 11.8. The van der Waals surface area contributed by atoms with Crippen molar-refractivity contribution in [2.75, 3.05) is 25.5 Å². The molecule has 0 bridgehead atoms. The molecule has 156 valence electrons. The van der Waals surface area contributed by atoms with E-state index in [1.807, 2.05) is 0 Å². The molecule has 0 aliphatic rings. The number of nitrogens with zero attached hydrogens (tertiary/aromatic N) is 1. The molecular weight excluding hydrogens is 431 g/mol. The number of hydrogen-bond donors (Lipinski definition) is 1. The second kappa shape index (κ2) is 9.19. The normalized spacial score (nSPS) is 10.7. The fourth-order valence-electron chi connectivity index (χ4n) is 2.73. The molecule has 7 nitrogen and oxygen atoms in total. The summed E-state index contributed by atoms with van der Waals surface area (Å²) in [6.45, 7) is 1.35. The Kier molecular flexibility index (Phi) is 6.64. The van der Waals surface area contributed by atoms with Gasteiger partial charge in [0, 0.05) is 30.3 Å². The molecule has 3 aromatic rings. The third-order valence-electron chi connectivity index (χ3n) is 4.30. The number of halogens is 2. The molecule has 1 heterocycles. The zero-order valence-electron chi connectivity index (χ0n) is 16.2. The van der Waals surface area contributed by atoms with E-state index < -0.39 is 17.4 Å². The minimum Gasteiger partial charge on any atom is -0.484 e. The van der Waals surface area contributed by atoms with Crippen molar-refractivity contribution in [1.82, 2.24) is 4.90 Å². The van der Waals surface area contributed by atoms with Crippen LogP contribution < -0.4 is 15.7 Å². The number of rotatable bonds is 6. The van der Waals surface area contributed by atoms with Crippen molar-refractivity contribution in [3.63, 3.8) is 0 Å². The summed E-state index contributed by atoms with van der Waals surface area (Å²) in [5, 5.41) is 4.11. The van der Waals surface area contributed by atoms with Gasteiger partial charge in [-0.1, -0.05) is 23.2 Å². The van der Waals surface area contributed by atoms with Crippen molar-refractivity contribution >= 4 is 51.7 Å². The first kappa shape index (κ1) is 21.7. The number of carbonyl (C=O) groups is 2. The lowest BCUT2D eigenvalue weighted by Crippen LogP contribution is -2.37. The lowest BCUT2D eigenvalue weighted by molar-refractivity contribution is -0.135. The number of fused-ring (bicyclic) bond motifs is 1. The fraction of sp³-hybridized carbons (Fsp3) is 0.190. The van der Waals surface area contributed by atoms with Gasteiger partial charge in [-0.05, 0) is 42.8 Å². The topological polar surface area (TPSA) is 88.8 Å². The van der Waals surface area contributed by atoms with Crippen molar-refractivity contribution in [3.8, 4) is 5.75 Å². The second-order valence-electron chi connectivity index (χ2n) is 6.62. The van der Waals surface area contributed by atoms with Crippen LogP contribution in [0.1, 0.15) is 5.56 Å². The molecule has 0 aliphatic carbocycles. The first-order valence-corrected chi connectivity index (χ1v) is 9.64. The van der Waals surface area contributed by atoms with Crippen LogP contribution in [0, 0.1) is 6.92 Å². The van der Waals surface area contributed by atoms with Crippen molar-refractivity contribution in [1.29, 1.82) is 0 Å². The Hall–Kier alpha value is -3.03. The van der Waals surface area contributed by atoms with E-state index in [0.717, 1.165) is 10.9 Å². The molecule has 2 amide bonds. The van der Waals surface area contributed by atoms with Crippen molar-refractivity contribution < 1.29 is 18.7 Å². The molecule has 30 heavy (non-hydrogen) atoms. The van der Waals surface area contributed by atoms with Crippen LogP contribution in [-0.4, -0.2) is 36.9 Å². The van der Waals surface area contributed by atoms with E-state index in [2.05, 4.69) is 5.32 Å². The van der Waals surface area contributed by atoms with Crippen LogP contribution in [0.25, 0.3) is 11.0 Å². The van der Waals surface area contributed by atoms with E-state index >= 15 is 0 Å². The molecule has 0 fully saturated rings. The molecule has 9 heteroatoms. The second-order valence-corrected chi connectivity index (χ2v) is 7.44. The minimum atomic E-state index is -0.457. The van der Waals surface area contributed by atoms with Crippen LogP contribution in [-0.2, 0) is 9.59 Å². The Morgan fingerprint density at radius 1 is 1.10 bits per heavy atom. The van der Waals surface area contributed by atoms with Gasteiger partial charge in [0.1, 0.15) is 11.3 Å². The Balaban J connectivity index is 1.56. The van der Waals surface area contributed by atoms with E-state index in [-0.39, 0.29) is 13.2 Å². The average molecular weight is 449 g/mol. The van der Waals surface area contributed by atoms with Crippen LogP contribution in [0.3, 0.4) is 0 Å². The highest BCUT2D eigenvalue weighted by Crippen LogP contribution is 2.25. The molecule has 2 aromatic carbocycles. The number of carbonyl (C=O) groups excluding carboxylic acids is 2. The third-order valence-corrected chi connectivity index (χ3v) is 5.03. The van der Waals surface area contributed by atoms with Gasteiger partial charge in [-0.3, -0.25) is 9.59 Å². The number of hydrogen-bond acceptors (Lipinski definition) is 5. The smallest absolute Gasteiger partial charge is 0.336 e. The number of likely N-dealkylation sites (N-methyl/N-ethyl adjacent to an activating group) is 1. The zero-order valence-corrected chi connectivity index (χ0v) is 17.7. The van der Waals surface area contributed by atoms with Crippen molar-refractivity contribution in [2.24, 2.45) is 0 Å². The van der Waals surface area contributed by atoms with Gasteiger partial charge in [0.2, 0.25) is 5.91 Å². The van der Waals surface area contributed by atoms with Crippen LogP contribution in [0.5, 0.6) is 5.75 Å². The molecule has 0 aliphatic heterocycles. The van der Waals surface area contributed by atoms with E-state index in [9.17, 15) is 14.4 Å². The van der Waals surface area contributed by atoms with Gasteiger partial charge in [-0.2, -0.15) is 0 Å². The maximum atomic E-state index is 12.3. The quantitative estimate of drug-likeness (QED) is 0.577. The van der Waals surface area contributed by atoms with Crippen LogP contribution in [0.15, 0.2) is 51.7 Å². The highest BCUT2D eigenvalue weighted by Gasteiger charge is 2.15. The molecule has 0 unspecified atom stereocenters. The van der Waals surface area contributed by atoms with Crippen LogP contribution in [0.4, 0.5) is 5.69 Å². The van der Waals surface area contributed by atoms with Gasteiger partial charge in [0.15, 0.2) is 6.61 Å². The number of amides is 2. The predicted molar refractivity (Wildman–Crippen MR) is 115 cm³/mol. The number of benzene rings is 2. The van der Waals surface area contributed by atoms with Gasteiger partial charge in [-0.25, -0.2) is 4.79 Å². The molecule has 1 N–H and O–H groups in total. The van der Waals surface area contributed by atoms with Crippen molar-refractivity contribution in [3.05, 3.63) is 68.5 Å². The number of aryl methyl sites for hydroxylation is 1. The largest absolute Gasteiger partial charge is 0.484 e. The zero-order chi connectivity index (χ0) is 21.8. The molecule has 0 saturated carbocycles. The van der Waals surface area contributed by atoms with Crippen molar-refractivity contribution in [2.45, 2.75) is 6.92 Å². The van der Waals surface area contributed by atoms with E-state index in [4.69, 9.17) is 32.4 Å². The molecule has 0 radical (unpaired) electrons. The molecule has 0 saturated heterocycles. The average Bonchev–Trinajstić information content (AvgIpc) is 2.68. The number of ether oxygens (including phenoxy) is 1. The lowest BCUT2D eigenvalue weighted by Gasteiger charge is -2.17. The Morgan fingerprint density at radius 2 is 1.87 bits per heavy atom. The summed E-state index contributed by atoms with van der Waals surface area (Å²) in [7, 11) is 1.49. The standard InChI is InChI=1S/C21H18Cl2N2O5/c1-12-7-21(28)30-18-9-14(4-5-15(12)18)29-11-20(27)25(2)10-19(26)24-13-3-6-16(22)17(23)8-13/h3-9H,10-11H2,1-2H3,(H,24,26). The van der Waals surface area contributed by atoms with Gasteiger partial charge in [-0.15, -0.1) is 0 Å². The Morgan fingerprint density at radius 3 is 2.60 bits per heavy atom. The third kappa shape index (κ3) is 5.31. The van der Waals surface area contributed by atoms with Gasteiger partial charge in [0.25, 0.3) is 5.91 Å². The fourth-order valence-corrected chi connectivity index (χ4v) is 3.03. The maximum Gasteiger partial charge on any atom is 0.336 e. The summed E-state index contributed by atoms with van der Waals surface area (Å²) < 4.78 is 10.6. The predicted octanol–water partition coefficient (Wildman–Crippen LogP) is 3.88. The number of anilines is 1. The first-order chi connectivity index (χ1) is 14.2. The van der Waals surface area contributed by atoms with E-state index in [0.29, 0.717) is 27.1 Å². The minimum absolute atomic E-state index is 0.172. The van der Waals surface area contributed by atoms with Crippen LogP contribution in [0.2, 0.25) is 10.0 Å². The molecule has 0 spiro atoms. The summed E-state index contributed by atoms with van der Waals surface area (Å²) in [6.07, 6.45) is 0. The summed E-state index contributed by atoms with van der Waals surface area (Å²) in [6, 6.07) is 11.1. The monoisotopic (exact) mass is 448 g/mol. The SMILES string of the molecule is Cc1cc(=O)oc2cc(OCC(=O)N(C)CC(=O)Nc3ccc(Cl)c(Cl)c3)ccc12. The summed E-state index contributed by atoms with van der Waals surface area (Å²) in [4.78, 5) is 37.2. The van der Waals surface area contributed by atoms with Gasteiger partial charge in [0.05, 0.1) is 16.6 Å². The first-order valence-electron chi connectivity index (χ1n) is 8.89. The van der Waals surface area contributed by atoms with E-state index in [1.54, 1.807) is 37.3 Å². The summed E-state index contributed by atoms with van der Waals surface area (Å²) in [5.74, 6) is -0.421. The lowest BCUT2D eigenvalue weighted by atomic mass is 10.1. The van der Waals surface area contributed by atoms with Gasteiger partial charge >= 0.3 is 5.63 Å².